The average molecular weight is 247 g/mol. The molecular formula is C13H17N3O2. The Balaban J connectivity index is 1.88. The van der Waals surface area contributed by atoms with Gasteiger partial charge in [0, 0.05) is 18.7 Å². The third kappa shape index (κ3) is 3.00. The van der Waals surface area contributed by atoms with E-state index >= 15 is 0 Å². The zero-order valence-corrected chi connectivity index (χ0v) is 10.1. The fourth-order valence-electron chi connectivity index (χ4n) is 2.07. The number of carbonyl (C=O) groups excluding carboxylic acids is 2. The van der Waals surface area contributed by atoms with Crippen LogP contribution in [0.15, 0.2) is 24.3 Å². The first-order valence-electron chi connectivity index (χ1n) is 6.07. The highest BCUT2D eigenvalue weighted by atomic mass is 16.2. The number of para-hydroxylation sites is 1. The van der Waals surface area contributed by atoms with Crippen LogP contribution in [-0.2, 0) is 16.0 Å². The fraction of sp³-hybridized carbons (Fsp3) is 0.385. The molecule has 1 aromatic rings. The number of hydrogen-bond donors (Lipinski definition) is 3. The summed E-state index contributed by atoms with van der Waals surface area (Å²) in [5, 5.41) is 5.92. The van der Waals surface area contributed by atoms with E-state index in [-0.39, 0.29) is 18.4 Å². The molecular weight excluding hydrogens is 230 g/mol. The number of nitrogens with one attached hydrogen (secondary N) is 2. The number of aryl methyl sites for hydroxylation is 1. The summed E-state index contributed by atoms with van der Waals surface area (Å²) in [4.78, 5) is 22.4. The largest absolute Gasteiger partial charge is 0.373 e. The van der Waals surface area contributed by atoms with Crippen molar-refractivity contribution >= 4 is 17.5 Å². The molecule has 2 amide bonds. The van der Waals surface area contributed by atoms with Crippen molar-refractivity contribution in [1.29, 1.82) is 0 Å². The molecule has 0 spiro atoms. The van der Waals surface area contributed by atoms with Crippen LogP contribution in [-0.4, -0.2) is 24.4 Å². The highest BCUT2D eigenvalue weighted by Gasteiger charge is 2.23. The van der Waals surface area contributed by atoms with Crippen molar-refractivity contribution in [2.75, 3.05) is 11.9 Å². The van der Waals surface area contributed by atoms with Crippen molar-refractivity contribution in [3.8, 4) is 0 Å². The van der Waals surface area contributed by atoms with Crippen molar-refractivity contribution in [3.63, 3.8) is 0 Å². The van der Waals surface area contributed by atoms with Crippen molar-refractivity contribution in [2.24, 2.45) is 5.73 Å². The van der Waals surface area contributed by atoms with Gasteiger partial charge in [-0.3, -0.25) is 9.59 Å². The molecule has 0 radical (unpaired) electrons. The fourth-order valence-corrected chi connectivity index (χ4v) is 2.07. The summed E-state index contributed by atoms with van der Waals surface area (Å²) in [6, 6.07) is 7.74. The molecule has 1 aliphatic heterocycles. The molecule has 0 saturated heterocycles. The second kappa shape index (κ2) is 5.53. The number of amides is 2. The highest BCUT2D eigenvalue weighted by Crippen LogP contribution is 2.24. The predicted octanol–water partition coefficient (Wildman–Crippen LogP) is 0.405. The van der Waals surface area contributed by atoms with Crippen molar-refractivity contribution in [2.45, 2.75) is 25.3 Å². The van der Waals surface area contributed by atoms with E-state index in [0.29, 0.717) is 6.54 Å². The van der Waals surface area contributed by atoms with E-state index in [0.717, 1.165) is 18.5 Å². The first-order valence-corrected chi connectivity index (χ1v) is 6.07. The highest BCUT2D eigenvalue weighted by molar-refractivity contribution is 5.86. The SMILES string of the molecule is NC(=O)CCNC(=O)C1CCc2ccccc2N1. The second-order valence-electron chi connectivity index (χ2n) is 4.40. The van der Waals surface area contributed by atoms with Gasteiger partial charge in [0.25, 0.3) is 0 Å². The molecule has 1 aliphatic rings. The van der Waals surface area contributed by atoms with E-state index in [1.54, 1.807) is 0 Å². The normalized spacial score (nSPS) is 17.4. The Labute approximate surface area is 106 Å². The summed E-state index contributed by atoms with van der Waals surface area (Å²) in [6.45, 7) is 0.300. The first-order chi connectivity index (χ1) is 8.66. The minimum Gasteiger partial charge on any atom is -0.373 e. The minimum atomic E-state index is -0.405. The molecule has 1 unspecified atom stereocenters. The van der Waals surface area contributed by atoms with Crippen LogP contribution in [0.25, 0.3) is 0 Å². The zero-order chi connectivity index (χ0) is 13.0. The molecule has 96 valence electrons. The van der Waals surface area contributed by atoms with Gasteiger partial charge >= 0.3 is 0 Å². The number of fused-ring (bicyclic) bond motifs is 1. The molecule has 1 aromatic carbocycles. The second-order valence-corrected chi connectivity index (χ2v) is 4.40. The number of hydrogen-bond acceptors (Lipinski definition) is 3. The van der Waals surface area contributed by atoms with Crippen LogP contribution in [0, 0.1) is 0 Å². The zero-order valence-electron chi connectivity index (χ0n) is 10.1. The third-order valence-electron chi connectivity index (χ3n) is 3.04. The van der Waals surface area contributed by atoms with Crippen molar-refractivity contribution in [3.05, 3.63) is 29.8 Å². The lowest BCUT2D eigenvalue weighted by molar-refractivity contribution is -0.122. The molecule has 2 rings (SSSR count). The van der Waals surface area contributed by atoms with Gasteiger partial charge in [-0.05, 0) is 24.5 Å². The van der Waals surface area contributed by atoms with E-state index in [1.165, 1.54) is 5.56 Å². The monoisotopic (exact) mass is 247 g/mol. The summed E-state index contributed by atoms with van der Waals surface area (Å²) < 4.78 is 0. The molecule has 0 fully saturated rings. The molecule has 5 heteroatoms. The Bertz CT molecular complexity index is 459. The molecule has 5 nitrogen and oxygen atoms in total. The number of primary amides is 1. The Morgan fingerprint density at radius 3 is 2.94 bits per heavy atom. The number of carbonyl (C=O) groups is 2. The molecule has 18 heavy (non-hydrogen) atoms. The number of benzene rings is 1. The van der Waals surface area contributed by atoms with Gasteiger partial charge in [-0.2, -0.15) is 0 Å². The Hall–Kier alpha value is -2.04. The predicted molar refractivity (Wildman–Crippen MR) is 69.0 cm³/mol. The topological polar surface area (TPSA) is 84.2 Å². The van der Waals surface area contributed by atoms with Crippen molar-refractivity contribution < 1.29 is 9.59 Å². The Kier molecular flexibility index (Phi) is 3.82. The maximum atomic E-state index is 11.9. The van der Waals surface area contributed by atoms with Crippen LogP contribution in [0.1, 0.15) is 18.4 Å². The van der Waals surface area contributed by atoms with E-state index in [9.17, 15) is 9.59 Å². The maximum absolute atomic E-state index is 11.9. The molecule has 0 saturated carbocycles. The van der Waals surface area contributed by atoms with Crippen LogP contribution in [0.4, 0.5) is 5.69 Å². The van der Waals surface area contributed by atoms with Crippen molar-refractivity contribution in [1.82, 2.24) is 5.32 Å². The molecule has 0 aromatic heterocycles. The average Bonchev–Trinajstić information content (AvgIpc) is 2.37. The molecule has 0 aliphatic carbocycles. The van der Waals surface area contributed by atoms with E-state index in [4.69, 9.17) is 5.73 Å². The third-order valence-corrected chi connectivity index (χ3v) is 3.04. The van der Waals surface area contributed by atoms with Gasteiger partial charge in [0.05, 0.1) is 0 Å². The van der Waals surface area contributed by atoms with E-state index in [2.05, 4.69) is 16.7 Å². The Morgan fingerprint density at radius 1 is 1.39 bits per heavy atom. The van der Waals surface area contributed by atoms with Gasteiger partial charge in [0.2, 0.25) is 11.8 Å². The lowest BCUT2D eigenvalue weighted by Gasteiger charge is -2.26. The molecule has 4 N–H and O–H groups in total. The van der Waals surface area contributed by atoms with Crippen LogP contribution in [0.5, 0.6) is 0 Å². The number of rotatable bonds is 4. The van der Waals surface area contributed by atoms with Gasteiger partial charge in [0.1, 0.15) is 6.04 Å². The lowest BCUT2D eigenvalue weighted by atomic mass is 9.98. The first kappa shape index (κ1) is 12.4. The molecule has 1 atom stereocenters. The molecule has 1 heterocycles. The van der Waals surface area contributed by atoms with Gasteiger partial charge in [-0.1, -0.05) is 18.2 Å². The van der Waals surface area contributed by atoms with Gasteiger partial charge in [-0.15, -0.1) is 0 Å². The smallest absolute Gasteiger partial charge is 0.242 e. The van der Waals surface area contributed by atoms with E-state index < -0.39 is 5.91 Å². The summed E-state index contributed by atoms with van der Waals surface area (Å²) in [6.07, 6.45) is 1.82. The van der Waals surface area contributed by atoms with Gasteiger partial charge in [0.15, 0.2) is 0 Å². The summed E-state index contributed by atoms with van der Waals surface area (Å²) in [5.74, 6) is -0.483. The maximum Gasteiger partial charge on any atom is 0.242 e. The van der Waals surface area contributed by atoms with Crippen LogP contribution < -0.4 is 16.4 Å². The quantitative estimate of drug-likeness (QED) is 0.720. The molecule has 0 bridgehead atoms. The lowest BCUT2D eigenvalue weighted by Crippen LogP contribution is -2.42. The van der Waals surface area contributed by atoms with Crippen LogP contribution >= 0.6 is 0 Å². The Morgan fingerprint density at radius 2 is 2.17 bits per heavy atom. The minimum absolute atomic E-state index is 0.0780. The standard InChI is InChI=1S/C13H17N3O2/c14-12(17)7-8-15-13(18)11-6-5-9-3-1-2-4-10(9)16-11/h1-4,11,16H,5-8H2,(H2,14,17)(H,15,18). The van der Waals surface area contributed by atoms with E-state index in [1.807, 2.05) is 18.2 Å². The summed E-state index contributed by atoms with van der Waals surface area (Å²) >= 11 is 0. The van der Waals surface area contributed by atoms with Gasteiger partial charge in [-0.25, -0.2) is 0 Å². The summed E-state index contributed by atoms with van der Waals surface area (Å²) in [7, 11) is 0. The van der Waals surface area contributed by atoms with Gasteiger partial charge < -0.3 is 16.4 Å². The van der Waals surface area contributed by atoms with Crippen LogP contribution in [0.2, 0.25) is 0 Å². The summed E-state index contributed by atoms with van der Waals surface area (Å²) in [5.41, 5.74) is 7.26. The number of nitrogens with two attached hydrogens (primary N) is 1. The van der Waals surface area contributed by atoms with Crippen LogP contribution in [0.3, 0.4) is 0 Å². The number of anilines is 1.